The summed E-state index contributed by atoms with van der Waals surface area (Å²) in [5.74, 6) is 0.678. The van der Waals surface area contributed by atoms with Crippen molar-refractivity contribution >= 4 is 46.1 Å². The van der Waals surface area contributed by atoms with Crippen molar-refractivity contribution in [3.8, 4) is 0 Å². The summed E-state index contributed by atoms with van der Waals surface area (Å²) < 4.78 is 2.02. The third kappa shape index (κ3) is 4.39. The van der Waals surface area contributed by atoms with Gasteiger partial charge in [-0.1, -0.05) is 18.7 Å². The third-order valence-corrected chi connectivity index (χ3v) is 8.28. The summed E-state index contributed by atoms with van der Waals surface area (Å²) in [4.78, 5) is 42.1. The molecule has 208 valence electrons. The predicted octanol–water partition coefficient (Wildman–Crippen LogP) is 5.13. The van der Waals surface area contributed by atoms with Crippen molar-refractivity contribution in [1.82, 2.24) is 29.7 Å². The van der Waals surface area contributed by atoms with Crippen molar-refractivity contribution in [2.75, 3.05) is 10.6 Å². The maximum Gasteiger partial charge on any atom is 0.255 e. The number of anilines is 4. The molecular weight excluding hydrogens is 516 g/mol. The van der Waals surface area contributed by atoms with Crippen LogP contribution >= 0.6 is 0 Å². The van der Waals surface area contributed by atoms with E-state index in [0.29, 0.717) is 53.6 Å². The summed E-state index contributed by atoms with van der Waals surface area (Å²) in [6.45, 7) is 8.37. The Labute approximate surface area is 237 Å². The van der Waals surface area contributed by atoms with Crippen LogP contribution in [0.2, 0.25) is 0 Å². The molecule has 0 bridgehead atoms. The first-order valence-electron chi connectivity index (χ1n) is 14.2. The highest BCUT2D eigenvalue weighted by atomic mass is 16.2. The predicted molar refractivity (Wildman–Crippen MR) is 157 cm³/mol. The minimum absolute atomic E-state index is 0.146. The second kappa shape index (κ2) is 9.72. The Balaban J connectivity index is 1.24. The first kappa shape index (κ1) is 25.3. The van der Waals surface area contributed by atoms with Crippen LogP contribution in [0.25, 0.3) is 11.2 Å². The molecule has 10 heteroatoms. The number of carbonyl (C=O) groups is 2. The minimum Gasteiger partial charge on any atom is -0.338 e. The Bertz CT molecular complexity index is 1740. The molecule has 2 aromatic heterocycles. The molecule has 2 aliphatic heterocycles. The van der Waals surface area contributed by atoms with Gasteiger partial charge in [0.2, 0.25) is 11.9 Å². The number of hydrogen-bond donors (Lipinski definition) is 3. The highest BCUT2D eigenvalue weighted by Gasteiger charge is 2.39. The first-order valence-corrected chi connectivity index (χ1v) is 14.2. The molecule has 1 unspecified atom stereocenters. The normalized spacial score (nSPS) is 18.2. The number of fused-ring (bicyclic) bond motifs is 3. The summed E-state index contributed by atoms with van der Waals surface area (Å²) in [5.41, 5.74) is 7.93. The van der Waals surface area contributed by atoms with Crippen LogP contribution < -0.4 is 16.0 Å². The average Bonchev–Trinajstić information content (AvgIpc) is 3.67. The van der Waals surface area contributed by atoms with Crippen LogP contribution in [-0.4, -0.2) is 42.3 Å². The van der Waals surface area contributed by atoms with Gasteiger partial charge >= 0.3 is 0 Å². The minimum atomic E-state index is -0.524. The molecule has 10 nitrogen and oxygen atoms in total. The van der Waals surface area contributed by atoms with E-state index in [4.69, 9.17) is 9.97 Å². The van der Waals surface area contributed by atoms with Gasteiger partial charge in [-0.25, -0.2) is 4.98 Å². The molecule has 1 saturated heterocycles. The second-order valence-corrected chi connectivity index (χ2v) is 11.3. The van der Waals surface area contributed by atoms with Crippen molar-refractivity contribution < 1.29 is 9.59 Å². The van der Waals surface area contributed by atoms with E-state index in [2.05, 4.69) is 59.6 Å². The topological polar surface area (TPSA) is 117 Å². The number of imidazole rings is 1. The molecule has 2 aromatic carbocycles. The fraction of sp³-hybridized carbons (Fsp3) is 0.323. The Morgan fingerprint density at radius 3 is 2.73 bits per heavy atom. The number of carbonyl (C=O) groups excluding carboxylic acids is 2. The molecule has 4 aromatic rings. The number of aryl methyl sites for hydroxylation is 2. The number of benzene rings is 2. The fourth-order valence-electron chi connectivity index (χ4n) is 6.13. The Hall–Kier alpha value is -4.73. The van der Waals surface area contributed by atoms with Crippen LogP contribution in [0, 0.1) is 0 Å². The smallest absolute Gasteiger partial charge is 0.255 e. The van der Waals surface area contributed by atoms with E-state index in [9.17, 15) is 9.59 Å². The Morgan fingerprint density at radius 1 is 1.05 bits per heavy atom. The molecule has 0 spiro atoms. The van der Waals surface area contributed by atoms with Gasteiger partial charge in [-0.15, -0.1) is 0 Å². The van der Waals surface area contributed by atoms with E-state index in [1.165, 1.54) is 17.5 Å². The lowest BCUT2D eigenvalue weighted by Gasteiger charge is -2.31. The van der Waals surface area contributed by atoms with Crippen molar-refractivity contribution in [3.05, 3.63) is 77.3 Å². The average molecular weight is 549 g/mol. The summed E-state index contributed by atoms with van der Waals surface area (Å²) in [6.07, 6.45) is 6.39. The number of piperidine rings is 1. The van der Waals surface area contributed by atoms with E-state index in [0.717, 1.165) is 29.8 Å². The number of nitrogens with one attached hydrogen (secondary N) is 3. The van der Waals surface area contributed by atoms with Crippen molar-refractivity contribution in [2.24, 2.45) is 0 Å². The van der Waals surface area contributed by atoms with Gasteiger partial charge < -0.3 is 25.4 Å². The van der Waals surface area contributed by atoms with Gasteiger partial charge in [0.05, 0.1) is 6.33 Å². The zero-order valence-corrected chi connectivity index (χ0v) is 23.2. The van der Waals surface area contributed by atoms with Gasteiger partial charge in [-0.05, 0) is 81.3 Å². The molecule has 0 radical (unpaired) electrons. The van der Waals surface area contributed by atoms with Crippen molar-refractivity contribution in [1.29, 1.82) is 0 Å². The molecule has 0 saturated carbocycles. The zero-order chi connectivity index (χ0) is 28.2. The summed E-state index contributed by atoms with van der Waals surface area (Å²) in [6, 6.07) is 11.7. The summed E-state index contributed by atoms with van der Waals surface area (Å²) >= 11 is 0. The van der Waals surface area contributed by atoms with Gasteiger partial charge in [0.15, 0.2) is 17.0 Å². The van der Waals surface area contributed by atoms with Crippen LogP contribution in [0.5, 0.6) is 0 Å². The van der Waals surface area contributed by atoms with E-state index in [1.54, 1.807) is 11.2 Å². The van der Waals surface area contributed by atoms with Gasteiger partial charge in [-0.2, -0.15) is 9.97 Å². The van der Waals surface area contributed by atoms with Crippen LogP contribution in [0.3, 0.4) is 0 Å². The Kier molecular flexibility index (Phi) is 5.99. The third-order valence-electron chi connectivity index (χ3n) is 8.28. The van der Waals surface area contributed by atoms with Crippen molar-refractivity contribution in [3.63, 3.8) is 0 Å². The number of amides is 2. The highest BCUT2D eigenvalue weighted by Crippen LogP contribution is 2.36. The maximum absolute atomic E-state index is 13.4. The first-order chi connectivity index (χ1) is 19.9. The Morgan fingerprint density at radius 2 is 1.90 bits per heavy atom. The lowest BCUT2D eigenvalue weighted by Crippen LogP contribution is -2.49. The lowest BCUT2D eigenvalue weighted by atomic mass is 10.0. The molecule has 41 heavy (non-hydrogen) atoms. The van der Waals surface area contributed by atoms with E-state index >= 15 is 0 Å². The number of nitrogens with zero attached hydrogens (tertiary/aromatic N) is 5. The molecule has 1 atom stereocenters. The standard InChI is InChI=1S/C31H32N8O2/c1-17(2)39-16-32-26-27(36-31(37-28(26)39)34-21-12-11-19-6-4-7-20(19)14-21)35-24-9-5-8-22-23(24)15-38(30(22)41)25-13-10-18(3)33-29(25)40/h5,8-9,11-12,14,16-17,25H,3-4,6-7,10,13,15H2,1-2H3,(H,33,40)(H2,34,35,36,37). The van der Waals surface area contributed by atoms with E-state index < -0.39 is 6.04 Å². The largest absolute Gasteiger partial charge is 0.338 e. The monoisotopic (exact) mass is 548 g/mol. The molecule has 7 rings (SSSR count). The van der Waals surface area contributed by atoms with Crippen LogP contribution in [0.4, 0.5) is 23.1 Å². The molecule has 1 fully saturated rings. The van der Waals surface area contributed by atoms with Crippen LogP contribution in [0.1, 0.15) is 66.2 Å². The zero-order valence-electron chi connectivity index (χ0n) is 23.2. The SMILES string of the molecule is C=C1CCC(N2Cc3c(Nc4nc(Nc5ccc6c(c5)CCC6)nc5c4ncn5C(C)C)cccc3C2=O)C(=O)N1. The molecule has 4 heterocycles. The number of allylic oxidation sites excluding steroid dienone is 1. The molecule has 3 aliphatic rings. The molecule has 3 N–H and O–H groups in total. The summed E-state index contributed by atoms with van der Waals surface area (Å²) in [7, 11) is 0. The van der Waals surface area contributed by atoms with Gasteiger partial charge in [0.1, 0.15) is 6.04 Å². The van der Waals surface area contributed by atoms with Gasteiger partial charge in [-0.3, -0.25) is 9.59 Å². The van der Waals surface area contributed by atoms with E-state index in [-0.39, 0.29) is 17.9 Å². The maximum atomic E-state index is 13.4. The molecule has 1 aliphatic carbocycles. The molecule has 2 amide bonds. The second-order valence-electron chi connectivity index (χ2n) is 11.3. The number of rotatable bonds is 6. The quantitative estimate of drug-likeness (QED) is 0.306. The van der Waals surface area contributed by atoms with Gasteiger partial charge in [0, 0.05) is 40.8 Å². The molecular formula is C31H32N8O2. The lowest BCUT2D eigenvalue weighted by molar-refractivity contribution is -0.126. The van der Waals surface area contributed by atoms with E-state index in [1.807, 2.05) is 22.8 Å². The number of aromatic nitrogens is 4. The fourth-order valence-corrected chi connectivity index (χ4v) is 6.13. The van der Waals surface area contributed by atoms with Crippen LogP contribution in [0.15, 0.2) is 55.0 Å². The van der Waals surface area contributed by atoms with Crippen molar-refractivity contribution in [2.45, 2.75) is 64.6 Å². The van der Waals surface area contributed by atoms with Crippen LogP contribution in [-0.2, 0) is 24.2 Å². The number of hydrogen-bond acceptors (Lipinski definition) is 7. The highest BCUT2D eigenvalue weighted by molar-refractivity contribution is 6.03. The summed E-state index contributed by atoms with van der Waals surface area (Å²) in [5, 5.41) is 9.68. The van der Waals surface area contributed by atoms with Gasteiger partial charge in [0.25, 0.3) is 5.91 Å².